The molecular formula is C18H27FN2O. The van der Waals surface area contributed by atoms with E-state index in [2.05, 4.69) is 24.1 Å². The molecule has 0 unspecified atom stereocenters. The van der Waals surface area contributed by atoms with Gasteiger partial charge in [-0.25, -0.2) is 4.39 Å². The third kappa shape index (κ3) is 5.76. The van der Waals surface area contributed by atoms with Crippen LogP contribution in [0.5, 0.6) is 0 Å². The molecule has 0 spiro atoms. The first-order chi connectivity index (χ1) is 10.5. The van der Waals surface area contributed by atoms with Gasteiger partial charge in [-0.1, -0.05) is 26.0 Å². The molecule has 4 heteroatoms. The van der Waals surface area contributed by atoms with Gasteiger partial charge in [-0.2, -0.15) is 0 Å². The maximum absolute atomic E-state index is 12.8. The highest BCUT2D eigenvalue weighted by molar-refractivity contribution is 5.78. The van der Waals surface area contributed by atoms with Gasteiger partial charge in [-0.05, 0) is 48.9 Å². The Balaban J connectivity index is 1.62. The number of benzene rings is 1. The van der Waals surface area contributed by atoms with Crippen LogP contribution in [-0.4, -0.2) is 37.0 Å². The second-order valence-electron chi connectivity index (χ2n) is 6.71. The number of amides is 1. The van der Waals surface area contributed by atoms with Crippen LogP contribution in [0.3, 0.4) is 0 Å². The number of nitrogens with zero attached hydrogens (tertiary/aromatic N) is 1. The lowest BCUT2D eigenvalue weighted by Crippen LogP contribution is -2.40. The summed E-state index contributed by atoms with van der Waals surface area (Å²) in [5, 5.41) is 2.95. The van der Waals surface area contributed by atoms with Gasteiger partial charge < -0.3 is 10.2 Å². The number of hydrogen-bond acceptors (Lipinski definition) is 2. The Morgan fingerprint density at radius 2 is 1.86 bits per heavy atom. The van der Waals surface area contributed by atoms with E-state index in [4.69, 9.17) is 0 Å². The number of nitrogens with one attached hydrogen (secondary N) is 1. The van der Waals surface area contributed by atoms with Crippen molar-refractivity contribution in [1.82, 2.24) is 10.2 Å². The predicted octanol–water partition coefficient (Wildman–Crippen LogP) is 2.85. The number of halogens is 1. The van der Waals surface area contributed by atoms with Crippen molar-refractivity contribution in [1.29, 1.82) is 0 Å². The molecule has 1 aromatic rings. The van der Waals surface area contributed by atoms with E-state index in [-0.39, 0.29) is 11.7 Å². The molecule has 2 atom stereocenters. The minimum atomic E-state index is -0.269. The highest BCUT2D eigenvalue weighted by Crippen LogP contribution is 2.20. The molecule has 1 amide bonds. The molecule has 1 N–H and O–H groups in total. The van der Waals surface area contributed by atoms with Gasteiger partial charge in [0.05, 0.1) is 6.42 Å². The van der Waals surface area contributed by atoms with Crippen molar-refractivity contribution >= 4 is 5.91 Å². The van der Waals surface area contributed by atoms with E-state index in [1.807, 2.05) is 0 Å². The van der Waals surface area contributed by atoms with Gasteiger partial charge in [0.15, 0.2) is 0 Å². The van der Waals surface area contributed by atoms with Crippen LogP contribution in [-0.2, 0) is 11.2 Å². The molecule has 2 rings (SSSR count). The van der Waals surface area contributed by atoms with Gasteiger partial charge in [0.1, 0.15) is 5.82 Å². The highest BCUT2D eigenvalue weighted by Gasteiger charge is 2.20. The molecule has 1 fully saturated rings. The molecule has 1 aromatic carbocycles. The molecule has 122 valence electrons. The van der Waals surface area contributed by atoms with E-state index < -0.39 is 0 Å². The fourth-order valence-electron chi connectivity index (χ4n) is 3.36. The lowest BCUT2D eigenvalue weighted by atomic mass is 9.92. The average molecular weight is 306 g/mol. The molecular weight excluding hydrogens is 279 g/mol. The fraction of sp³-hybridized carbons (Fsp3) is 0.611. The Bertz CT molecular complexity index is 464. The van der Waals surface area contributed by atoms with Crippen molar-refractivity contribution in [3.8, 4) is 0 Å². The summed E-state index contributed by atoms with van der Waals surface area (Å²) in [5.74, 6) is 1.29. The smallest absolute Gasteiger partial charge is 0.224 e. The van der Waals surface area contributed by atoms with Gasteiger partial charge in [-0.15, -0.1) is 0 Å². The zero-order chi connectivity index (χ0) is 15.9. The normalized spacial score (nSPS) is 22.5. The standard InChI is InChI=1S/C18H27FN2O/c1-14-10-15(2)13-21(12-14)9-3-8-20-18(22)11-16-4-6-17(19)7-5-16/h4-7,14-15H,3,8-13H2,1-2H3,(H,20,22)/t14-,15-/m0/s1. The van der Waals surface area contributed by atoms with E-state index >= 15 is 0 Å². The van der Waals surface area contributed by atoms with Gasteiger partial charge >= 0.3 is 0 Å². The number of carbonyl (C=O) groups excluding carboxylic acids is 1. The molecule has 1 aliphatic heterocycles. The van der Waals surface area contributed by atoms with Crippen molar-refractivity contribution in [2.45, 2.75) is 33.1 Å². The maximum Gasteiger partial charge on any atom is 0.224 e. The number of piperidine rings is 1. The minimum Gasteiger partial charge on any atom is -0.356 e. The maximum atomic E-state index is 12.8. The summed E-state index contributed by atoms with van der Waals surface area (Å²) < 4.78 is 12.8. The molecule has 3 nitrogen and oxygen atoms in total. The molecule has 1 aliphatic rings. The summed E-state index contributed by atoms with van der Waals surface area (Å²) in [6.07, 6.45) is 2.62. The number of hydrogen-bond donors (Lipinski definition) is 1. The van der Waals surface area contributed by atoms with Crippen molar-refractivity contribution in [3.63, 3.8) is 0 Å². The summed E-state index contributed by atoms with van der Waals surface area (Å²) in [6, 6.07) is 6.10. The van der Waals surface area contributed by atoms with Crippen LogP contribution in [0.1, 0.15) is 32.3 Å². The SMILES string of the molecule is C[C@H]1C[C@H](C)CN(CCCNC(=O)Cc2ccc(F)cc2)C1. The van der Waals surface area contributed by atoms with Crippen molar-refractivity contribution in [2.75, 3.05) is 26.2 Å². The van der Waals surface area contributed by atoms with Crippen molar-refractivity contribution in [2.24, 2.45) is 11.8 Å². The largest absolute Gasteiger partial charge is 0.356 e. The summed E-state index contributed by atoms with van der Waals surface area (Å²) in [5.41, 5.74) is 0.845. The highest BCUT2D eigenvalue weighted by atomic mass is 19.1. The molecule has 0 aliphatic carbocycles. The van der Waals surface area contributed by atoms with Crippen LogP contribution in [0.25, 0.3) is 0 Å². The van der Waals surface area contributed by atoms with Gasteiger partial charge in [-0.3, -0.25) is 4.79 Å². The molecule has 1 saturated heterocycles. The quantitative estimate of drug-likeness (QED) is 0.820. The van der Waals surface area contributed by atoms with Gasteiger partial charge in [0.25, 0.3) is 0 Å². The molecule has 22 heavy (non-hydrogen) atoms. The van der Waals surface area contributed by atoms with Gasteiger partial charge in [0.2, 0.25) is 5.91 Å². The first kappa shape index (κ1) is 16.9. The molecule has 0 bridgehead atoms. The topological polar surface area (TPSA) is 32.3 Å². The van der Waals surface area contributed by atoms with Crippen LogP contribution in [0.2, 0.25) is 0 Å². The van der Waals surface area contributed by atoms with E-state index in [0.717, 1.165) is 30.4 Å². The van der Waals surface area contributed by atoms with E-state index in [9.17, 15) is 9.18 Å². The molecule has 0 radical (unpaired) electrons. The first-order valence-electron chi connectivity index (χ1n) is 8.26. The van der Waals surface area contributed by atoms with E-state index in [1.165, 1.54) is 31.6 Å². The van der Waals surface area contributed by atoms with Crippen LogP contribution in [0.15, 0.2) is 24.3 Å². The second kappa shape index (κ2) is 8.28. The van der Waals surface area contributed by atoms with Gasteiger partial charge in [0, 0.05) is 19.6 Å². The Labute approximate surface area is 132 Å². The number of likely N-dealkylation sites (tertiary alicyclic amines) is 1. The summed E-state index contributed by atoms with van der Waals surface area (Å²) in [7, 11) is 0. The predicted molar refractivity (Wildman–Crippen MR) is 87.1 cm³/mol. The fourth-order valence-corrected chi connectivity index (χ4v) is 3.36. The van der Waals surface area contributed by atoms with E-state index in [1.54, 1.807) is 12.1 Å². The molecule has 0 saturated carbocycles. The summed E-state index contributed by atoms with van der Waals surface area (Å²) in [4.78, 5) is 14.3. The second-order valence-corrected chi connectivity index (χ2v) is 6.71. The minimum absolute atomic E-state index is 0.00647. The van der Waals surface area contributed by atoms with Crippen LogP contribution in [0.4, 0.5) is 4.39 Å². The zero-order valence-corrected chi connectivity index (χ0v) is 13.6. The van der Waals surface area contributed by atoms with Crippen LogP contribution < -0.4 is 5.32 Å². The first-order valence-corrected chi connectivity index (χ1v) is 8.26. The summed E-state index contributed by atoms with van der Waals surface area (Å²) in [6.45, 7) is 8.73. The number of rotatable bonds is 6. The summed E-state index contributed by atoms with van der Waals surface area (Å²) >= 11 is 0. The Hall–Kier alpha value is -1.42. The molecule has 1 heterocycles. The third-order valence-electron chi connectivity index (χ3n) is 4.20. The third-order valence-corrected chi connectivity index (χ3v) is 4.20. The monoisotopic (exact) mass is 306 g/mol. The molecule has 0 aromatic heterocycles. The number of carbonyl (C=O) groups is 1. The van der Waals surface area contributed by atoms with Crippen LogP contribution >= 0.6 is 0 Å². The Morgan fingerprint density at radius 1 is 1.23 bits per heavy atom. The zero-order valence-electron chi connectivity index (χ0n) is 13.6. The van der Waals surface area contributed by atoms with Crippen molar-refractivity contribution in [3.05, 3.63) is 35.6 Å². The Morgan fingerprint density at radius 3 is 2.50 bits per heavy atom. The average Bonchev–Trinajstić information content (AvgIpc) is 2.45. The lowest BCUT2D eigenvalue weighted by Gasteiger charge is -2.34. The van der Waals surface area contributed by atoms with Crippen LogP contribution in [0, 0.1) is 17.7 Å². The van der Waals surface area contributed by atoms with E-state index in [0.29, 0.717) is 13.0 Å². The Kier molecular flexibility index (Phi) is 6.37. The lowest BCUT2D eigenvalue weighted by molar-refractivity contribution is -0.120. The van der Waals surface area contributed by atoms with Crippen molar-refractivity contribution < 1.29 is 9.18 Å².